The van der Waals surface area contributed by atoms with Crippen molar-refractivity contribution in [2.45, 2.75) is 26.0 Å². The summed E-state index contributed by atoms with van der Waals surface area (Å²) in [5, 5.41) is 19.6. The van der Waals surface area contributed by atoms with E-state index in [1.54, 1.807) is 18.2 Å². The lowest BCUT2D eigenvalue weighted by atomic mass is 10.0. The van der Waals surface area contributed by atoms with Gasteiger partial charge >= 0.3 is 0 Å². The van der Waals surface area contributed by atoms with Gasteiger partial charge in [-0.25, -0.2) is 0 Å². The van der Waals surface area contributed by atoms with Crippen molar-refractivity contribution in [3.8, 4) is 0 Å². The molecule has 1 aromatic carbocycles. The van der Waals surface area contributed by atoms with Crippen LogP contribution in [0.25, 0.3) is 10.9 Å². The van der Waals surface area contributed by atoms with E-state index >= 15 is 0 Å². The molecular weight excluding hydrogens is 221 g/mol. The fraction of sp³-hybridized carbons (Fsp3) is 0.417. The number of benzene rings is 1. The molecule has 0 bridgehead atoms. The summed E-state index contributed by atoms with van der Waals surface area (Å²) in [6, 6.07) is 5.46. The molecule has 3 N–H and O–H groups in total. The normalized spacial score (nSPS) is 13.5. The summed E-state index contributed by atoms with van der Waals surface area (Å²) < 4.78 is 13.5. The van der Waals surface area contributed by atoms with Gasteiger partial charge in [0, 0.05) is 12.6 Å². The maximum Gasteiger partial charge on any atom is 0.217 e. The molecule has 0 amide bonds. The number of hydrogen-bond donors (Lipinski definition) is 3. The molecule has 0 saturated carbocycles. The van der Waals surface area contributed by atoms with E-state index < -0.39 is 12.1 Å². The Balaban J connectivity index is 2.31. The Morgan fingerprint density at radius 2 is 2.24 bits per heavy atom. The zero-order valence-electron chi connectivity index (χ0n) is 9.87. The minimum Gasteiger partial charge on any atom is -0.387 e. The summed E-state index contributed by atoms with van der Waals surface area (Å²) in [6.07, 6.45) is -0.742. The highest BCUT2D eigenvalue weighted by Gasteiger charge is 2.16. The summed E-state index contributed by atoms with van der Waals surface area (Å²) in [6.45, 7) is 4.37. The van der Waals surface area contributed by atoms with Gasteiger partial charge in [0.05, 0.1) is 17.0 Å². The number of halogens is 1. The zero-order chi connectivity index (χ0) is 12.4. The molecule has 1 aromatic heterocycles. The Kier molecular flexibility index (Phi) is 3.40. The summed E-state index contributed by atoms with van der Waals surface area (Å²) in [5.74, 6) is -0.501. The van der Waals surface area contributed by atoms with Crippen molar-refractivity contribution >= 4 is 10.9 Å². The Bertz CT molecular complexity index is 509. The molecule has 0 saturated heterocycles. The lowest BCUT2D eigenvalue weighted by molar-refractivity contribution is 0.173. The number of fused-ring (bicyclic) bond motifs is 1. The number of aliphatic hydroxyl groups excluding tert-OH is 1. The van der Waals surface area contributed by atoms with E-state index in [0.717, 1.165) is 0 Å². The number of aromatic amines is 1. The highest BCUT2D eigenvalue weighted by atomic mass is 19.1. The molecule has 0 aliphatic rings. The van der Waals surface area contributed by atoms with Gasteiger partial charge in [-0.3, -0.25) is 5.10 Å². The minimum atomic E-state index is -0.742. The van der Waals surface area contributed by atoms with E-state index in [-0.39, 0.29) is 6.04 Å². The number of aliphatic hydroxyl groups is 1. The number of nitrogens with one attached hydrogen (secondary N) is 2. The molecule has 17 heavy (non-hydrogen) atoms. The van der Waals surface area contributed by atoms with Crippen molar-refractivity contribution in [3.63, 3.8) is 0 Å². The third-order valence-electron chi connectivity index (χ3n) is 2.65. The Morgan fingerprint density at radius 1 is 1.47 bits per heavy atom. The number of nitrogens with zero attached hydrogens (tertiary/aromatic N) is 1. The number of H-pyrrole nitrogens is 1. The lowest BCUT2D eigenvalue weighted by Crippen LogP contribution is -2.28. The van der Waals surface area contributed by atoms with Gasteiger partial charge < -0.3 is 10.4 Å². The molecule has 0 spiro atoms. The highest BCUT2D eigenvalue weighted by Crippen LogP contribution is 2.24. The predicted octanol–water partition coefficient (Wildman–Crippen LogP) is 1.73. The summed E-state index contributed by atoms with van der Waals surface area (Å²) >= 11 is 0. The monoisotopic (exact) mass is 237 g/mol. The molecule has 0 aliphatic carbocycles. The van der Waals surface area contributed by atoms with Gasteiger partial charge in [-0.15, -0.1) is 0 Å². The number of rotatable bonds is 4. The molecule has 2 rings (SSSR count). The van der Waals surface area contributed by atoms with Crippen LogP contribution in [0.4, 0.5) is 4.39 Å². The molecule has 1 atom stereocenters. The average molecular weight is 237 g/mol. The topological polar surface area (TPSA) is 60.9 Å². The molecule has 4 nitrogen and oxygen atoms in total. The molecule has 1 heterocycles. The van der Waals surface area contributed by atoms with Crippen LogP contribution in [0.5, 0.6) is 0 Å². The second kappa shape index (κ2) is 4.81. The van der Waals surface area contributed by atoms with Gasteiger partial charge in [-0.05, 0) is 11.6 Å². The molecule has 0 radical (unpaired) electrons. The first-order valence-electron chi connectivity index (χ1n) is 5.63. The molecule has 0 unspecified atom stereocenters. The maximum absolute atomic E-state index is 13.5. The van der Waals surface area contributed by atoms with Gasteiger partial charge in [0.25, 0.3) is 0 Å². The molecule has 0 fully saturated rings. The third kappa shape index (κ3) is 2.45. The van der Waals surface area contributed by atoms with Crippen LogP contribution in [-0.4, -0.2) is 27.9 Å². The quantitative estimate of drug-likeness (QED) is 0.759. The largest absolute Gasteiger partial charge is 0.387 e. The van der Waals surface area contributed by atoms with Gasteiger partial charge in [-0.2, -0.15) is 9.49 Å². The lowest BCUT2D eigenvalue weighted by Gasteiger charge is -2.15. The zero-order valence-corrected chi connectivity index (χ0v) is 9.87. The Labute approximate surface area is 98.8 Å². The first kappa shape index (κ1) is 12.0. The molecule has 92 valence electrons. The number of hydrogen-bond acceptors (Lipinski definition) is 3. The van der Waals surface area contributed by atoms with E-state index in [2.05, 4.69) is 15.5 Å². The summed E-state index contributed by atoms with van der Waals surface area (Å²) in [4.78, 5) is 0. The first-order valence-corrected chi connectivity index (χ1v) is 5.63. The van der Waals surface area contributed by atoms with E-state index in [1.165, 1.54) is 0 Å². The van der Waals surface area contributed by atoms with Crippen LogP contribution in [0.3, 0.4) is 0 Å². The van der Waals surface area contributed by atoms with Crippen molar-refractivity contribution in [1.29, 1.82) is 0 Å². The van der Waals surface area contributed by atoms with Crippen LogP contribution in [-0.2, 0) is 0 Å². The fourth-order valence-corrected chi connectivity index (χ4v) is 1.79. The van der Waals surface area contributed by atoms with Crippen LogP contribution in [0.1, 0.15) is 25.5 Å². The van der Waals surface area contributed by atoms with Crippen LogP contribution >= 0.6 is 0 Å². The van der Waals surface area contributed by atoms with Crippen molar-refractivity contribution in [2.24, 2.45) is 0 Å². The molecular formula is C12H16FN3O. The second-order valence-corrected chi connectivity index (χ2v) is 4.36. The van der Waals surface area contributed by atoms with Crippen molar-refractivity contribution in [1.82, 2.24) is 15.5 Å². The van der Waals surface area contributed by atoms with E-state index in [1.807, 2.05) is 13.8 Å². The van der Waals surface area contributed by atoms with E-state index in [9.17, 15) is 9.50 Å². The van der Waals surface area contributed by atoms with Gasteiger partial charge in [-0.1, -0.05) is 26.0 Å². The van der Waals surface area contributed by atoms with Gasteiger partial charge in [0.15, 0.2) is 0 Å². The molecule has 5 heteroatoms. The third-order valence-corrected chi connectivity index (χ3v) is 2.65. The molecule has 2 aromatic rings. The van der Waals surface area contributed by atoms with Crippen LogP contribution in [0, 0.1) is 5.95 Å². The van der Waals surface area contributed by atoms with Crippen molar-refractivity contribution in [3.05, 3.63) is 29.7 Å². The predicted molar refractivity (Wildman–Crippen MR) is 64.2 cm³/mol. The minimum absolute atomic E-state index is 0.276. The average Bonchev–Trinajstić information content (AvgIpc) is 2.68. The van der Waals surface area contributed by atoms with Gasteiger partial charge in [0.2, 0.25) is 5.95 Å². The van der Waals surface area contributed by atoms with E-state index in [0.29, 0.717) is 23.0 Å². The van der Waals surface area contributed by atoms with Crippen molar-refractivity contribution in [2.75, 3.05) is 6.54 Å². The standard InChI is InChI=1S/C12H16FN3O/c1-7(2)14-6-10(17)8-4-3-5-9-11(8)12(13)16-15-9/h3-5,7,10,14,17H,6H2,1-2H3,(H,15,16)/t10-/m0/s1. The van der Waals surface area contributed by atoms with Crippen molar-refractivity contribution < 1.29 is 9.50 Å². The summed E-state index contributed by atoms with van der Waals surface area (Å²) in [5.41, 5.74) is 1.09. The van der Waals surface area contributed by atoms with E-state index in [4.69, 9.17) is 0 Å². The fourth-order valence-electron chi connectivity index (χ4n) is 1.79. The second-order valence-electron chi connectivity index (χ2n) is 4.36. The maximum atomic E-state index is 13.5. The van der Waals surface area contributed by atoms with Crippen LogP contribution in [0.2, 0.25) is 0 Å². The van der Waals surface area contributed by atoms with Crippen LogP contribution < -0.4 is 5.32 Å². The molecule has 0 aliphatic heterocycles. The smallest absolute Gasteiger partial charge is 0.217 e. The Hall–Kier alpha value is -1.46. The highest BCUT2D eigenvalue weighted by molar-refractivity contribution is 5.82. The summed E-state index contributed by atoms with van der Waals surface area (Å²) in [7, 11) is 0. The van der Waals surface area contributed by atoms with Gasteiger partial charge in [0.1, 0.15) is 0 Å². The number of aromatic nitrogens is 2. The Morgan fingerprint density at radius 3 is 2.94 bits per heavy atom. The first-order chi connectivity index (χ1) is 8.09. The SMILES string of the molecule is CC(C)NC[C@H](O)c1cccc2n[nH]c(F)c12. The van der Waals surface area contributed by atoms with Crippen LogP contribution in [0.15, 0.2) is 18.2 Å².